The van der Waals surface area contributed by atoms with Crippen LogP contribution in [0.4, 0.5) is 18.9 Å². The number of aryl methyl sites for hydroxylation is 2. The summed E-state index contributed by atoms with van der Waals surface area (Å²) < 4.78 is 40.5. The van der Waals surface area contributed by atoms with Gasteiger partial charge in [0.2, 0.25) is 5.91 Å². The van der Waals surface area contributed by atoms with Crippen LogP contribution in [0.5, 0.6) is 0 Å². The van der Waals surface area contributed by atoms with E-state index in [0.29, 0.717) is 33.9 Å². The minimum absolute atomic E-state index is 0.452. The molecule has 1 N–H and O–H groups in total. The molecule has 0 saturated heterocycles. The fourth-order valence-corrected chi connectivity index (χ4v) is 2.39. The maximum absolute atomic E-state index is 12.8. The molecule has 0 saturated carbocycles. The Bertz CT molecular complexity index is 855. The third-order valence-electron chi connectivity index (χ3n) is 3.46. The van der Waals surface area contributed by atoms with E-state index in [1.807, 2.05) is 0 Å². The second-order valence-electron chi connectivity index (χ2n) is 5.23. The van der Waals surface area contributed by atoms with Crippen molar-refractivity contribution in [2.24, 2.45) is 7.05 Å². The number of nitrogens with one attached hydrogen (secondary N) is 1. The molecule has 0 atom stereocenters. The first kappa shape index (κ1) is 18.1. The summed E-state index contributed by atoms with van der Waals surface area (Å²) >= 11 is 5.54. The van der Waals surface area contributed by atoms with Gasteiger partial charge in [0.15, 0.2) is 0 Å². The molecule has 0 fully saturated rings. The number of carbonyl (C=O) groups is 1. The van der Waals surface area contributed by atoms with Crippen LogP contribution in [-0.2, 0) is 24.6 Å². The number of pyridine rings is 1. The molecule has 0 unspecified atom stereocenters. The summed E-state index contributed by atoms with van der Waals surface area (Å²) in [7, 11) is 1.69. The van der Waals surface area contributed by atoms with Crippen LogP contribution >= 0.6 is 11.6 Å². The van der Waals surface area contributed by atoms with Crippen LogP contribution in [-0.4, -0.2) is 20.3 Å². The summed E-state index contributed by atoms with van der Waals surface area (Å²) in [6.07, 6.45) is -4.11. The summed E-state index contributed by atoms with van der Waals surface area (Å²) in [5.74, 6) is -0.660. The summed E-state index contributed by atoms with van der Waals surface area (Å²) in [4.78, 5) is 23.9. The van der Waals surface area contributed by atoms with Crippen LogP contribution in [0.25, 0.3) is 0 Å². The summed E-state index contributed by atoms with van der Waals surface area (Å²) in [6.45, 7) is 2.80. The van der Waals surface area contributed by atoms with Crippen molar-refractivity contribution >= 4 is 23.2 Å². The van der Waals surface area contributed by atoms with Crippen molar-refractivity contribution in [1.82, 2.24) is 14.3 Å². The summed E-state index contributed by atoms with van der Waals surface area (Å²) in [6, 6.07) is 0.535. The molecule has 130 valence electrons. The SMILES string of the molecule is Cc1nn(C)c(C)c1NC(=O)Cn1cc(C(F)(F)F)cc(Cl)c1=O. The van der Waals surface area contributed by atoms with E-state index in [1.54, 1.807) is 25.6 Å². The summed E-state index contributed by atoms with van der Waals surface area (Å²) in [5, 5.41) is 6.05. The van der Waals surface area contributed by atoms with Gasteiger partial charge in [-0.1, -0.05) is 11.6 Å². The van der Waals surface area contributed by atoms with E-state index < -0.39 is 34.8 Å². The standard InChI is InChI=1S/C14H14ClF3N4O2/c1-7-12(8(2)21(3)20-7)19-11(23)6-22-5-9(14(16,17)18)4-10(15)13(22)24/h4-5H,6H2,1-3H3,(H,19,23). The first-order chi connectivity index (χ1) is 11.0. The molecule has 0 aliphatic heterocycles. The Kier molecular flexibility index (Phi) is 4.75. The molecule has 2 aromatic heterocycles. The molecule has 2 heterocycles. The van der Waals surface area contributed by atoms with Gasteiger partial charge in [0.1, 0.15) is 11.6 Å². The Morgan fingerprint density at radius 3 is 2.50 bits per heavy atom. The molecule has 0 bridgehead atoms. The Balaban J connectivity index is 2.29. The normalized spacial score (nSPS) is 11.6. The van der Waals surface area contributed by atoms with Gasteiger partial charge in [-0.3, -0.25) is 14.3 Å². The van der Waals surface area contributed by atoms with Crippen molar-refractivity contribution in [1.29, 1.82) is 0 Å². The number of alkyl halides is 3. The zero-order valence-corrected chi connectivity index (χ0v) is 13.8. The van der Waals surface area contributed by atoms with Gasteiger partial charge < -0.3 is 9.88 Å². The number of carbonyl (C=O) groups excluding carboxylic acids is 1. The van der Waals surface area contributed by atoms with Crippen molar-refractivity contribution in [3.05, 3.63) is 44.6 Å². The molecular weight excluding hydrogens is 349 g/mol. The zero-order chi connectivity index (χ0) is 18.2. The van der Waals surface area contributed by atoms with Crippen LogP contribution in [0.1, 0.15) is 17.0 Å². The highest BCUT2D eigenvalue weighted by atomic mass is 35.5. The summed E-state index contributed by atoms with van der Waals surface area (Å²) in [5.41, 5.74) is -0.297. The Morgan fingerprint density at radius 2 is 2.00 bits per heavy atom. The molecule has 0 aliphatic rings. The minimum Gasteiger partial charge on any atom is -0.321 e. The van der Waals surface area contributed by atoms with Gasteiger partial charge in [0, 0.05) is 13.2 Å². The van der Waals surface area contributed by atoms with Crippen LogP contribution in [0.3, 0.4) is 0 Å². The van der Waals surface area contributed by atoms with E-state index in [0.717, 1.165) is 0 Å². The number of hydrogen-bond acceptors (Lipinski definition) is 3. The Labute approximate surface area is 139 Å². The molecule has 1 amide bonds. The van der Waals surface area contributed by atoms with Gasteiger partial charge in [-0.25, -0.2) is 0 Å². The van der Waals surface area contributed by atoms with E-state index in [-0.39, 0.29) is 0 Å². The smallest absolute Gasteiger partial charge is 0.321 e. The molecule has 10 heteroatoms. The number of halogens is 4. The molecule has 6 nitrogen and oxygen atoms in total. The molecule has 0 radical (unpaired) electrons. The van der Waals surface area contributed by atoms with Crippen molar-refractivity contribution in [3.8, 4) is 0 Å². The number of amides is 1. The van der Waals surface area contributed by atoms with Crippen molar-refractivity contribution in [2.75, 3.05) is 5.32 Å². The maximum Gasteiger partial charge on any atom is 0.417 e. The van der Waals surface area contributed by atoms with Gasteiger partial charge in [0.25, 0.3) is 5.56 Å². The van der Waals surface area contributed by atoms with E-state index in [1.165, 1.54) is 0 Å². The Morgan fingerprint density at radius 1 is 1.38 bits per heavy atom. The third-order valence-corrected chi connectivity index (χ3v) is 3.73. The minimum atomic E-state index is -4.67. The molecule has 24 heavy (non-hydrogen) atoms. The third kappa shape index (κ3) is 3.61. The zero-order valence-electron chi connectivity index (χ0n) is 13.0. The number of nitrogens with zero attached hydrogens (tertiary/aromatic N) is 3. The molecule has 0 aliphatic carbocycles. The first-order valence-corrected chi connectivity index (χ1v) is 7.15. The van der Waals surface area contributed by atoms with E-state index in [4.69, 9.17) is 11.6 Å². The van der Waals surface area contributed by atoms with Crippen LogP contribution < -0.4 is 10.9 Å². The number of hydrogen-bond donors (Lipinski definition) is 1. The van der Waals surface area contributed by atoms with Gasteiger partial charge in [-0.05, 0) is 19.9 Å². The molecule has 0 aromatic carbocycles. The lowest BCUT2D eigenvalue weighted by Gasteiger charge is -2.12. The highest BCUT2D eigenvalue weighted by Crippen LogP contribution is 2.29. The van der Waals surface area contributed by atoms with Crippen molar-refractivity contribution in [2.45, 2.75) is 26.6 Å². The van der Waals surface area contributed by atoms with Gasteiger partial charge in [-0.2, -0.15) is 18.3 Å². The van der Waals surface area contributed by atoms with Crippen molar-refractivity contribution in [3.63, 3.8) is 0 Å². The molecule has 2 rings (SSSR count). The monoisotopic (exact) mass is 362 g/mol. The second-order valence-corrected chi connectivity index (χ2v) is 5.63. The first-order valence-electron chi connectivity index (χ1n) is 6.78. The number of rotatable bonds is 3. The number of aromatic nitrogens is 3. The highest BCUT2D eigenvalue weighted by molar-refractivity contribution is 6.30. The molecule has 2 aromatic rings. The van der Waals surface area contributed by atoms with E-state index in [2.05, 4.69) is 10.4 Å². The maximum atomic E-state index is 12.8. The fraction of sp³-hybridized carbons (Fsp3) is 0.357. The van der Waals surface area contributed by atoms with Gasteiger partial charge in [0.05, 0.1) is 22.6 Å². The Hall–Kier alpha value is -2.29. The van der Waals surface area contributed by atoms with E-state index >= 15 is 0 Å². The average Bonchev–Trinajstić information content (AvgIpc) is 2.69. The lowest BCUT2D eigenvalue weighted by molar-refractivity contribution is -0.138. The van der Waals surface area contributed by atoms with Crippen molar-refractivity contribution < 1.29 is 18.0 Å². The van der Waals surface area contributed by atoms with Gasteiger partial charge >= 0.3 is 6.18 Å². The van der Waals surface area contributed by atoms with Crippen LogP contribution in [0.2, 0.25) is 5.02 Å². The number of anilines is 1. The largest absolute Gasteiger partial charge is 0.417 e. The lowest BCUT2D eigenvalue weighted by Crippen LogP contribution is -2.29. The van der Waals surface area contributed by atoms with E-state index in [9.17, 15) is 22.8 Å². The molecular formula is C14H14ClF3N4O2. The van der Waals surface area contributed by atoms with Crippen LogP contribution in [0, 0.1) is 13.8 Å². The van der Waals surface area contributed by atoms with Crippen LogP contribution in [0.15, 0.2) is 17.1 Å². The van der Waals surface area contributed by atoms with Gasteiger partial charge in [-0.15, -0.1) is 0 Å². The highest BCUT2D eigenvalue weighted by Gasteiger charge is 2.32. The quantitative estimate of drug-likeness (QED) is 0.912. The predicted molar refractivity (Wildman–Crippen MR) is 82.0 cm³/mol. The molecule has 0 spiro atoms. The lowest BCUT2D eigenvalue weighted by atomic mass is 10.2. The topological polar surface area (TPSA) is 68.9 Å². The second kappa shape index (κ2) is 6.31. The average molecular weight is 363 g/mol. The fourth-order valence-electron chi connectivity index (χ4n) is 2.16. The predicted octanol–water partition coefficient (Wildman–Crippen LogP) is 2.51.